The van der Waals surface area contributed by atoms with Crippen molar-refractivity contribution in [2.45, 2.75) is 0 Å². The minimum atomic E-state index is 1.21. The van der Waals surface area contributed by atoms with Crippen LogP contribution in [0.2, 0.25) is 0 Å². The minimum absolute atomic E-state index is 1.21. The van der Waals surface area contributed by atoms with Crippen LogP contribution in [0.4, 0.5) is 0 Å². The third kappa shape index (κ3) is 4.87. The number of hydrogen-bond acceptors (Lipinski definition) is 0. The van der Waals surface area contributed by atoms with E-state index in [2.05, 4.69) is 194 Å². The average Bonchev–Trinajstić information content (AvgIpc) is 3.17. The molecule has 9 rings (SSSR count). The maximum atomic E-state index is 2.34. The number of rotatable bonds is 5. The molecule has 0 saturated heterocycles. The van der Waals surface area contributed by atoms with Crippen LogP contribution in [0.15, 0.2) is 194 Å². The lowest BCUT2D eigenvalue weighted by atomic mass is 9.83. The molecule has 0 aliphatic rings. The van der Waals surface area contributed by atoms with Crippen LogP contribution in [0.1, 0.15) is 0 Å². The lowest BCUT2D eigenvalue weighted by molar-refractivity contribution is 1.57. The molecule has 0 nitrogen and oxygen atoms in total. The van der Waals surface area contributed by atoms with E-state index in [1.165, 1.54) is 88.0 Å². The topological polar surface area (TPSA) is 0 Å². The molecule has 9 aromatic carbocycles. The van der Waals surface area contributed by atoms with Crippen molar-refractivity contribution in [1.29, 1.82) is 0 Å². The van der Waals surface area contributed by atoms with Crippen LogP contribution in [0, 0.1) is 0 Å². The summed E-state index contributed by atoms with van der Waals surface area (Å²) >= 11 is 0. The molecule has 0 fully saturated rings. The Morgan fingerprint density at radius 1 is 0.208 bits per heavy atom. The van der Waals surface area contributed by atoms with Gasteiger partial charge in [0.2, 0.25) is 0 Å². The largest absolute Gasteiger partial charge is 0.0622 e. The average molecular weight is 609 g/mol. The van der Waals surface area contributed by atoms with Crippen molar-refractivity contribution in [2.24, 2.45) is 0 Å². The maximum absolute atomic E-state index is 2.34. The zero-order chi connectivity index (χ0) is 31.9. The Bertz CT molecular complexity index is 2530. The zero-order valence-corrected chi connectivity index (χ0v) is 26.5. The summed E-state index contributed by atoms with van der Waals surface area (Å²) < 4.78 is 0. The van der Waals surface area contributed by atoms with Crippen LogP contribution in [0.3, 0.4) is 0 Å². The molecule has 0 bridgehead atoms. The molecule has 0 radical (unpaired) electrons. The molecule has 48 heavy (non-hydrogen) atoms. The number of fused-ring (bicyclic) bond motifs is 3. The Hall–Kier alpha value is -6.24. The Morgan fingerprint density at radius 3 is 1.33 bits per heavy atom. The van der Waals surface area contributed by atoms with Gasteiger partial charge >= 0.3 is 0 Å². The standard InChI is InChI=1S/C48H32/c1-2-14-36(15-3-1)47-43-21-8-10-23-45(43)48(46-24-11-9-22-44(46)47)42-20-7-6-19-41(42)40-18-12-17-38(32-40)34-25-27-35(28-26-34)39-30-29-33-13-4-5-16-37(33)31-39/h1-32H. The van der Waals surface area contributed by atoms with Gasteiger partial charge in [-0.1, -0.05) is 182 Å². The van der Waals surface area contributed by atoms with Gasteiger partial charge < -0.3 is 0 Å². The summed E-state index contributed by atoms with van der Waals surface area (Å²) in [5.74, 6) is 0. The van der Waals surface area contributed by atoms with E-state index in [-0.39, 0.29) is 0 Å². The Kier molecular flexibility index (Phi) is 6.91. The first kappa shape index (κ1) is 28.0. The first-order chi connectivity index (χ1) is 23.8. The predicted octanol–water partition coefficient (Wildman–Crippen LogP) is 13.5. The summed E-state index contributed by atoms with van der Waals surface area (Å²) in [6.45, 7) is 0. The Balaban J connectivity index is 1.17. The molecule has 0 unspecified atom stereocenters. The fourth-order valence-electron chi connectivity index (χ4n) is 7.38. The molecule has 0 aliphatic carbocycles. The summed E-state index contributed by atoms with van der Waals surface area (Å²) in [5, 5.41) is 7.61. The quantitative estimate of drug-likeness (QED) is 0.171. The fraction of sp³-hybridized carbons (Fsp3) is 0. The van der Waals surface area contributed by atoms with Gasteiger partial charge in [0.25, 0.3) is 0 Å². The van der Waals surface area contributed by atoms with E-state index in [1.54, 1.807) is 0 Å². The second kappa shape index (κ2) is 11.8. The summed E-state index contributed by atoms with van der Waals surface area (Å²) in [7, 11) is 0. The highest BCUT2D eigenvalue weighted by Crippen LogP contribution is 2.46. The van der Waals surface area contributed by atoms with Crippen molar-refractivity contribution in [3.05, 3.63) is 194 Å². The molecule has 0 aliphatic heterocycles. The van der Waals surface area contributed by atoms with Crippen molar-refractivity contribution in [2.75, 3.05) is 0 Å². The normalized spacial score (nSPS) is 11.3. The van der Waals surface area contributed by atoms with Crippen LogP contribution in [0.25, 0.3) is 88.0 Å². The lowest BCUT2D eigenvalue weighted by Crippen LogP contribution is -1.92. The van der Waals surface area contributed by atoms with E-state index >= 15 is 0 Å². The maximum Gasteiger partial charge on any atom is -0.00201 e. The van der Waals surface area contributed by atoms with Crippen LogP contribution in [-0.4, -0.2) is 0 Å². The third-order valence-electron chi connectivity index (χ3n) is 9.66. The van der Waals surface area contributed by atoms with E-state index in [0.29, 0.717) is 0 Å². The molecular formula is C48H32. The van der Waals surface area contributed by atoms with Crippen molar-refractivity contribution in [3.63, 3.8) is 0 Å². The Morgan fingerprint density at radius 2 is 0.667 bits per heavy atom. The summed E-state index contributed by atoms with van der Waals surface area (Å²) in [6, 6.07) is 70.7. The van der Waals surface area contributed by atoms with E-state index in [1.807, 2.05) is 0 Å². The van der Waals surface area contributed by atoms with Crippen LogP contribution >= 0.6 is 0 Å². The zero-order valence-electron chi connectivity index (χ0n) is 26.5. The SMILES string of the molecule is c1ccc(-c2c3ccccc3c(-c3ccccc3-c3cccc(-c4ccc(-c5ccc6ccccc6c5)cc4)c3)c3ccccc23)cc1. The van der Waals surface area contributed by atoms with Crippen LogP contribution < -0.4 is 0 Å². The molecule has 0 heteroatoms. The molecule has 0 aromatic heterocycles. The summed E-state index contributed by atoms with van der Waals surface area (Å²) in [5.41, 5.74) is 12.4. The van der Waals surface area contributed by atoms with Crippen LogP contribution in [-0.2, 0) is 0 Å². The molecule has 9 aromatic rings. The van der Waals surface area contributed by atoms with Crippen molar-refractivity contribution < 1.29 is 0 Å². The van der Waals surface area contributed by atoms with Gasteiger partial charge in [0.1, 0.15) is 0 Å². The molecule has 0 atom stereocenters. The second-order valence-electron chi connectivity index (χ2n) is 12.5. The lowest BCUT2D eigenvalue weighted by Gasteiger charge is -2.20. The number of hydrogen-bond donors (Lipinski definition) is 0. The third-order valence-corrected chi connectivity index (χ3v) is 9.66. The predicted molar refractivity (Wildman–Crippen MR) is 206 cm³/mol. The van der Waals surface area contributed by atoms with Gasteiger partial charge in [0.15, 0.2) is 0 Å². The summed E-state index contributed by atoms with van der Waals surface area (Å²) in [6.07, 6.45) is 0. The summed E-state index contributed by atoms with van der Waals surface area (Å²) in [4.78, 5) is 0. The van der Waals surface area contributed by atoms with Gasteiger partial charge in [-0.25, -0.2) is 0 Å². The minimum Gasteiger partial charge on any atom is -0.0622 e. The highest BCUT2D eigenvalue weighted by atomic mass is 14.2. The highest BCUT2D eigenvalue weighted by Gasteiger charge is 2.18. The van der Waals surface area contributed by atoms with E-state index < -0.39 is 0 Å². The fourth-order valence-corrected chi connectivity index (χ4v) is 7.38. The molecular weight excluding hydrogens is 577 g/mol. The van der Waals surface area contributed by atoms with Crippen molar-refractivity contribution >= 4 is 32.3 Å². The van der Waals surface area contributed by atoms with Gasteiger partial charge in [0, 0.05) is 0 Å². The van der Waals surface area contributed by atoms with Gasteiger partial charge in [-0.15, -0.1) is 0 Å². The molecule has 0 heterocycles. The molecule has 0 amide bonds. The monoisotopic (exact) mass is 608 g/mol. The van der Waals surface area contributed by atoms with Crippen molar-refractivity contribution in [1.82, 2.24) is 0 Å². The molecule has 0 spiro atoms. The second-order valence-corrected chi connectivity index (χ2v) is 12.5. The van der Waals surface area contributed by atoms with Gasteiger partial charge in [-0.05, 0) is 100 Å². The van der Waals surface area contributed by atoms with E-state index in [0.717, 1.165) is 0 Å². The molecule has 0 saturated carbocycles. The Labute approximate surface area is 281 Å². The van der Waals surface area contributed by atoms with Gasteiger partial charge in [-0.3, -0.25) is 0 Å². The van der Waals surface area contributed by atoms with Crippen LogP contribution in [0.5, 0.6) is 0 Å². The van der Waals surface area contributed by atoms with E-state index in [4.69, 9.17) is 0 Å². The van der Waals surface area contributed by atoms with E-state index in [9.17, 15) is 0 Å². The smallest absolute Gasteiger partial charge is 0.00201 e. The van der Waals surface area contributed by atoms with Gasteiger partial charge in [-0.2, -0.15) is 0 Å². The van der Waals surface area contributed by atoms with Crippen molar-refractivity contribution in [3.8, 4) is 55.6 Å². The highest BCUT2D eigenvalue weighted by molar-refractivity contribution is 6.22. The first-order valence-electron chi connectivity index (χ1n) is 16.6. The van der Waals surface area contributed by atoms with Gasteiger partial charge in [0.05, 0.1) is 0 Å². The number of benzene rings is 9. The first-order valence-corrected chi connectivity index (χ1v) is 16.6. The molecule has 224 valence electrons. The molecule has 0 N–H and O–H groups in total.